The zero-order valence-electron chi connectivity index (χ0n) is 12.5. The maximum Gasteiger partial charge on any atom is 0.145 e. The molecule has 1 aromatic rings. The molecule has 0 amide bonds. The van der Waals surface area contributed by atoms with Gasteiger partial charge in [-0.15, -0.1) is 0 Å². The highest BCUT2D eigenvalue weighted by Gasteiger charge is 2.38. The molecule has 1 aromatic carbocycles. The summed E-state index contributed by atoms with van der Waals surface area (Å²) in [6.07, 6.45) is 0.710. The number of hydrogen-bond donors (Lipinski definition) is 1. The number of hydrogen-bond acceptors (Lipinski definition) is 2. The van der Waals surface area contributed by atoms with Crippen molar-refractivity contribution in [2.24, 2.45) is 5.73 Å². The highest BCUT2D eigenvalue weighted by Crippen LogP contribution is 2.36. The van der Waals surface area contributed by atoms with Crippen LogP contribution in [0.1, 0.15) is 45.7 Å². The Hall–Kier alpha value is -0.520. The van der Waals surface area contributed by atoms with E-state index in [1.807, 2.05) is 27.7 Å². The third-order valence-corrected chi connectivity index (χ3v) is 4.87. The highest BCUT2D eigenvalue weighted by atomic mass is 79.9. The van der Waals surface area contributed by atoms with Crippen LogP contribution in [0, 0.1) is 11.6 Å². The van der Waals surface area contributed by atoms with Crippen molar-refractivity contribution in [3.8, 4) is 0 Å². The van der Waals surface area contributed by atoms with E-state index in [0.717, 1.165) is 13.1 Å². The molecular weight excluding hydrogens is 326 g/mol. The van der Waals surface area contributed by atoms with Crippen LogP contribution in [0.4, 0.5) is 8.78 Å². The highest BCUT2D eigenvalue weighted by molar-refractivity contribution is 9.10. The van der Waals surface area contributed by atoms with Gasteiger partial charge in [0.1, 0.15) is 11.6 Å². The van der Waals surface area contributed by atoms with Crippen LogP contribution in [0.25, 0.3) is 0 Å². The molecule has 2 nitrogen and oxygen atoms in total. The summed E-state index contributed by atoms with van der Waals surface area (Å²) in [5.41, 5.74) is 5.72. The van der Waals surface area contributed by atoms with Crippen LogP contribution in [0.3, 0.4) is 0 Å². The van der Waals surface area contributed by atoms with E-state index in [4.69, 9.17) is 5.73 Å². The molecule has 0 aliphatic rings. The number of likely N-dealkylation sites (N-methyl/N-ethyl adjacent to an activating group) is 1. The molecule has 2 N–H and O–H groups in total. The Morgan fingerprint density at radius 2 is 1.80 bits per heavy atom. The molecule has 20 heavy (non-hydrogen) atoms. The van der Waals surface area contributed by atoms with Gasteiger partial charge in [-0.25, -0.2) is 8.78 Å². The first-order valence-corrected chi connectivity index (χ1v) is 7.76. The monoisotopic (exact) mass is 348 g/mol. The molecule has 0 aromatic heterocycles. The van der Waals surface area contributed by atoms with Gasteiger partial charge < -0.3 is 5.73 Å². The lowest BCUT2D eigenvalue weighted by atomic mass is 9.83. The summed E-state index contributed by atoms with van der Waals surface area (Å²) in [4.78, 5) is 2.15. The molecule has 1 rings (SSSR count). The van der Waals surface area contributed by atoms with Gasteiger partial charge in [-0.3, -0.25) is 4.90 Å². The first-order valence-electron chi connectivity index (χ1n) is 6.97. The maximum absolute atomic E-state index is 14.3. The van der Waals surface area contributed by atoms with Crippen LogP contribution >= 0.6 is 15.9 Å². The second-order valence-corrected chi connectivity index (χ2v) is 5.97. The molecule has 114 valence electrons. The molecule has 2 unspecified atom stereocenters. The van der Waals surface area contributed by atoms with Gasteiger partial charge in [0.2, 0.25) is 0 Å². The number of nitrogens with zero attached hydrogens (tertiary/aromatic N) is 1. The van der Waals surface area contributed by atoms with Gasteiger partial charge in [0, 0.05) is 11.1 Å². The van der Waals surface area contributed by atoms with E-state index in [9.17, 15) is 8.78 Å². The summed E-state index contributed by atoms with van der Waals surface area (Å²) in [7, 11) is 0. The molecule has 2 atom stereocenters. The summed E-state index contributed by atoms with van der Waals surface area (Å²) in [6.45, 7) is 9.57. The Bertz CT molecular complexity index is 463. The Balaban J connectivity index is 3.34. The van der Waals surface area contributed by atoms with E-state index in [1.165, 1.54) is 12.1 Å². The predicted octanol–water partition coefficient (Wildman–Crippen LogP) is 4.24. The second-order valence-electron chi connectivity index (χ2n) is 5.12. The molecule has 0 heterocycles. The van der Waals surface area contributed by atoms with E-state index >= 15 is 0 Å². The van der Waals surface area contributed by atoms with Crippen LogP contribution in [0.2, 0.25) is 0 Å². The standard InChI is InChI=1S/C15H23BrF2N2/c1-5-15(4,20(6-2)7-3)14(19)12-11(17)9-8-10(16)13(12)18/h8-9,14H,5-7,19H2,1-4H3. The largest absolute Gasteiger partial charge is 0.322 e. The Morgan fingerprint density at radius 3 is 2.25 bits per heavy atom. The maximum atomic E-state index is 14.3. The summed E-state index contributed by atoms with van der Waals surface area (Å²) in [6, 6.07) is 1.88. The Labute approximate surface area is 128 Å². The van der Waals surface area contributed by atoms with Crippen molar-refractivity contribution < 1.29 is 8.78 Å². The summed E-state index contributed by atoms with van der Waals surface area (Å²) < 4.78 is 28.6. The van der Waals surface area contributed by atoms with Gasteiger partial charge >= 0.3 is 0 Å². The summed E-state index contributed by atoms with van der Waals surface area (Å²) >= 11 is 3.10. The van der Waals surface area contributed by atoms with Crippen LogP contribution in [-0.4, -0.2) is 23.5 Å². The lowest BCUT2D eigenvalue weighted by Crippen LogP contribution is -2.53. The molecule has 0 aliphatic carbocycles. The van der Waals surface area contributed by atoms with E-state index in [-0.39, 0.29) is 10.0 Å². The minimum absolute atomic E-state index is 0.0457. The van der Waals surface area contributed by atoms with Crippen molar-refractivity contribution in [3.05, 3.63) is 33.8 Å². The Kier molecular flexibility index (Phi) is 6.10. The average molecular weight is 349 g/mol. The quantitative estimate of drug-likeness (QED) is 0.779. The average Bonchev–Trinajstić information content (AvgIpc) is 2.44. The van der Waals surface area contributed by atoms with Gasteiger partial charge in [-0.2, -0.15) is 0 Å². The number of nitrogens with two attached hydrogens (primary N) is 1. The van der Waals surface area contributed by atoms with Gasteiger partial charge in [0.25, 0.3) is 0 Å². The number of rotatable bonds is 6. The first kappa shape index (κ1) is 17.5. The van der Waals surface area contributed by atoms with Crippen molar-refractivity contribution in [1.82, 2.24) is 4.90 Å². The van der Waals surface area contributed by atoms with Crippen LogP contribution in [-0.2, 0) is 0 Å². The third-order valence-electron chi connectivity index (χ3n) is 4.26. The van der Waals surface area contributed by atoms with E-state index in [2.05, 4.69) is 20.8 Å². The fourth-order valence-electron chi connectivity index (χ4n) is 2.73. The fraction of sp³-hybridized carbons (Fsp3) is 0.600. The summed E-state index contributed by atoms with van der Waals surface area (Å²) in [5.74, 6) is -1.20. The number of halogens is 3. The van der Waals surface area contributed by atoms with Crippen LogP contribution in [0.5, 0.6) is 0 Å². The molecule has 5 heteroatoms. The van der Waals surface area contributed by atoms with Crippen molar-refractivity contribution >= 4 is 15.9 Å². The van der Waals surface area contributed by atoms with Gasteiger partial charge in [-0.1, -0.05) is 20.8 Å². The smallest absolute Gasteiger partial charge is 0.145 e. The minimum Gasteiger partial charge on any atom is -0.322 e. The lowest BCUT2D eigenvalue weighted by molar-refractivity contribution is 0.0817. The molecule has 0 saturated carbocycles. The normalized spacial score (nSPS) is 16.2. The first-order chi connectivity index (χ1) is 9.33. The van der Waals surface area contributed by atoms with E-state index in [0.29, 0.717) is 6.42 Å². The van der Waals surface area contributed by atoms with Crippen molar-refractivity contribution in [2.45, 2.75) is 45.7 Å². The fourth-order valence-corrected chi connectivity index (χ4v) is 3.07. The van der Waals surface area contributed by atoms with Crippen LogP contribution in [0.15, 0.2) is 16.6 Å². The van der Waals surface area contributed by atoms with Gasteiger partial charge in [-0.05, 0) is 54.5 Å². The van der Waals surface area contributed by atoms with Crippen molar-refractivity contribution in [3.63, 3.8) is 0 Å². The Morgan fingerprint density at radius 1 is 1.25 bits per heavy atom. The zero-order chi connectivity index (χ0) is 15.5. The van der Waals surface area contributed by atoms with E-state index in [1.54, 1.807) is 0 Å². The molecule has 0 spiro atoms. The van der Waals surface area contributed by atoms with Crippen molar-refractivity contribution in [1.29, 1.82) is 0 Å². The predicted molar refractivity (Wildman–Crippen MR) is 82.6 cm³/mol. The van der Waals surface area contributed by atoms with Gasteiger partial charge in [0.05, 0.1) is 10.5 Å². The minimum atomic E-state index is -0.732. The molecule has 0 fully saturated rings. The molecule has 0 bridgehead atoms. The zero-order valence-corrected chi connectivity index (χ0v) is 14.1. The van der Waals surface area contributed by atoms with E-state index < -0.39 is 23.2 Å². The third kappa shape index (κ3) is 3.05. The van der Waals surface area contributed by atoms with Crippen LogP contribution < -0.4 is 5.73 Å². The van der Waals surface area contributed by atoms with Gasteiger partial charge in [0.15, 0.2) is 0 Å². The molecular formula is C15H23BrF2N2. The second kappa shape index (κ2) is 6.96. The SMILES string of the molecule is CCN(CC)C(C)(CC)C(N)c1c(F)ccc(Br)c1F. The number of benzene rings is 1. The lowest BCUT2D eigenvalue weighted by Gasteiger charge is -2.44. The molecule has 0 radical (unpaired) electrons. The topological polar surface area (TPSA) is 29.3 Å². The molecule has 0 saturated heterocycles. The molecule has 0 aliphatic heterocycles. The van der Waals surface area contributed by atoms with Crippen molar-refractivity contribution in [2.75, 3.05) is 13.1 Å². The summed E-state index contributed by atoms with van der Waals surface area (Å²) in [5, 5.41) is 0.